The van der Waals surface area contributed by atoms with E-state index >= 15 is 0 Å². The third-order valence-electron chi connectivity index (χ3n) is 5.27. The quantitative estimate of drug-likeness (QED) is 0.331. The van der Waals surface area contributed by atoms with Crippen LogP contribution in [-0.4, -0.2) is 36.9 Å². The maximum atomic E-state index is 13.1. The fourth-order valence-electron chi connectivity index (χ4n) is 3.67. The molecule has 10 nitrogen and oxygen atoms in total. The Morgan fingerprint density at radius 3 is 2.76 bits per heavy atom. The van der Waals surface area contributed by atoms with Gasteiger partial charge in [-0.05, 0) is 47.3 Å². The van der Waals surface area contributed by atoms with Gasteiger partial charge < -0.3 is 5.73 Å². The molecule has 1 aliphatic carbocycles. The maximum Gasteiger partial charge on any atom is 0.293 e. The lowest BCUT2D eigenvalue weighted by atomic mass is 9.90. The van der Waals surface area contributed by atoms with E-state index in [0.29, 0.717) is 11.4 Å². The molecule has 11 heteroatoms. The van der Waals surface area contributed by atoms with Crippen LogP contribution in [-0.2, 0) is 12.2 Å². The summed E-state index contributed by atoms with van der Waals surface area (Å²) in [5.41, 5.74) is 12.3. The summed E-state index contributed by atoms with van der Waals surface area (Å²) >= 11 is 1.53. The molecule has 0 saturated heterocycles. The van der Waals surface area contributed by atoms with Crippen LogP contribution in [0.15, 0.2) is 69.2 Å². The van der Waals surface area contributed by atoms with Gasteiger partial charge in [0, 0.05) is 16.2 Å². The standard InChI is InChI=1S/C22H20N8O2S/c23-20-21(28-32-27-20)30-18(13-33-15-9-2-1-3-10-15)19(25-29-30)22(31)26-24-17-12-6-8-14-7-4-5-11-16(14)17/h1-5,7,9-11H,6,8,12-13H2,(H2,23,27)(H,26,31)/b24-17-. The van der Waals surface area contributed by atoms with E-state index in [9.17, 15) is 4.79 Å². The van der Waals surface area contributed by atoms with Crippen molar-refractivity contribution in [2.24, 2.45) is 5.10 Å². The topological polar surface area (TPSA) is 137 Å². The Bertz CT molecular complexity index is 1310. The van der Waals surface area contributed by atoms with Crippen molar-refractivity contribution in [2.75, 3.05) is 5.73 Å². The van der Waals surface area contributed by atoms with E-state index in [1.54, 1.807) is 0 Å². The van der Waals surface area contributed by atoms with Crippen molar-refractivity contribution in [3.05, 3.63) is 77.1 Å². The second-order valence-corrected chi connectivity index (χ2v) is 8.43. The third-order valence-corrected chi connectivity index (χ3v) is 6.30. The summed E-state index contributed by atoms with van der Waals surface area (Å²) in [7, 11) is 0. The number of rotatable bonds is 6. The number of thioether (sulfide) groups is 1. The van der Waals surface area contributed by atoms with E-state index in [1.165, 1.54) is 22.0 Å². The average Bonchev–Trinajstić information content (AvgIpc) is 3.47. The molecule has 5 rings (SSSR count). The van der Waals surface area contributed by atoms with Crippen LogP contribution in [0.4, 0.5) is 5.82 Å². The predicted molar refractivity (Wildman–Crippen MR) is 123 cm³/mol. The Kier molecular flexibility index (Phi) is 5.85. The zero-order valence-corrected chi connectivity index (χ0v) is 18.3. The number of hydrogen-bond donors (Lipinski definition) is 2. The summed E-state index contributed by atoms with van der Waals surface area (Å²) in [5.74, 6) is 0.163. The van der Waals surface area contributed by atoms with Gasteiger partial charge in [0.15, 0.2) is 5.69 Å². The number of carbonyl (C=O) groups is 1. The molecule has 0 spiro atoms. The molecular formula is C22H20N8O2S. The van der Waals surface area contributed by atoms with E-state index in [4.69, 9.17) is 10.4 Å². The highest BCUT2D eigenvalue weighted by Gasteiger charge is 2.24. The molecule has 0 fully saturated rings. The number of hydrazone groups is 1. The molecule has 166 valence electrons. The lowest BCUT2D eigenvalue weighted by Crippen LogP contribution is -2.23. The lowest BCUT2D eigenvalue weighted by Gasteiger charge is -2.17. The number of nitrogens with one attached hydrogen (secondary N) is 1. The fourth-order valence-corrected chi connectivity index (χ4v) is 4.58. The van der Waals surface area contributed by atoms with Crippen molar-refractivity contribution in [3.8, 4) is 5.82 Å². The summed E-state index contributed by atoms with van der Waals surface area (Å²) in [5, 5.41) is 20.0. The maximum absolute atomic E-state index is 13.1. The highest BCUT2D eigenvalue weighted by atomic mass is 32.2. The van der Waals surface area contributed by atoms with Crippen molar-refractivity contribution in [3.63, 3.8) is 0 Å². The van der Waals surface area contributed by atoms with Gasteiger partial charge in [0.1, 0.15) is 0 Å². The molecule has 0 aliphatic heterocycles. The van der Waals surface area contributed by atoms with Crippen molar-refractivity contribution in [2.45, 2.75) is 29.9 Å². The minimum atomic E-state index is -0.463. The van der Waals surface area contributed by atoms with Crippen LogP contribution in [0.3, 0.4) is 0 Å². The van der Waals surface area contributed by atoms with Gasteiger partial charge in [-0.3, -0.25) is 4.79 Å². The highest BCUT2D eigenvalue weighted by molar-refractivity contribution is 7.98. The van der Waals surface area contributed by atoms with Gasteiger partial charge in [-0.2, -0.15) is 9.78 Å². The van der Waals surface area contributed by atoms with Crippen LogP contribution in [0.1, 0.15) is 40.2 Å². The molecule has 1 aliphatic rings. The van der Waals surface area contributed by atoms with Crippen molar-refractivity contribution in [1.29, 1.82) is 0 Å². The molecule has 0 unspecified atom stereocenters. The summed E-state index contributed by atoms with van der Waals surface area (Å²) in [6, 6.07) is 17.9. The Morgan fingerprint density at radius 2 is 1.94 bits per heavy atom. The van der Waals surface area contributed by atoms with Gasteiger partial charge in [0.05, 0.1) is 11.4 Å². The molecule has 0 bridgehead atoms. The van der Waals surface area contributed by atoms with Crippen molar-refractivity contribution in [1.82, 2.24) is 30.7 Å². The zero-order valence-electron chi connectivity index (χ0n) is 17.5. The number of anilines is 1. The van der Waals surface area contributed by atoms with Gasteiger partial charge in [-0.25, -0.2) is 10.1 Å². The average molecular weight is 461 g/mol. The number of amides is 1. The molecule has 33 heavy (non-hydrogen) atoms. The normalized spacial score (nSPS) is 14.2. The molecule has 2 heterocycles. The minimum Gasteiger partial charge on any atom is -0.378 e. The minimum absolute atomic E-state index is 0.0527. The predicted octanol–water partition coefficient (Wildman–Crippen LogP) is 3.00. The monoisotopic (exact) mass is 460 g/mol. The number of aryl methyl sites for hydroxylation is 1. The lowest BCUT2D eigenvalue weighted by molar-refractivity contribution is 0.0949. The smallest absolute Gasteiger partial charge is 0.293 e. The molecule has 0 saturated carbocycles. The Labute approximate surface area is 193 Å². The van der Waals surface area contributed by atoms with Gasteiger partial charge in [0.2, 0.25) is 11.6 Å². The van der Waals surface area contributed by atoms with Gasteiger partial charge in [0.25, 0.3) is 5.91 Å². The first-order chi connectivity index (χ1) is 16.2. The number of nitrogens with two attached hydrogens (primary N) is 1. The first kappa shape index (κ1) is 20.9. The summed E-state index contributed by atoms with van der Waals surface area (Å²) in [4.78, 5) is 14.1. The summed E-state index contributed by atoms with van der Waals surface area (Å²) in [6.45, 7) is 0. The molecular weight excluding hydrogens is 440 g/mol. The number of benzene rings is 2. The van der Waals surface area contributed by atoms with E-state index < -0.39 is 5.91 Å². The third kappa shape index (κ3) is 4.35. The summed E-state index contributed by atoms with van der Waals surface area (Å²) < 4.78 is 6.08. The van der Waals surface area contributed by atoms with Gasteiger partial charge >= 0.3 is 0 Å². The van der Waals surface area contributed by atoms with Crippen LogP contribution in [0.5, 0.6) is 0 Å². The van der Waals surface area contributed by atoms with Gasteiger partial charge in [-0.15, -0.1) is 16.9 Å². The van der Waals surface area contributed by atoms with Crippen molar-refractivity contribution >= 4 is 29.2 Å². The van der Waals surface area contributed by atoms with Crippen LogP contribution in [0, 0.1) is 0 Å². The Morgan fingerprint density at radius 1 is 1.12 bits per heavy atom. The zero-order chi connectivity index (χ0) is 22.6. The molecule has 1 amide bonds. The number of fused-ring (bicyclic) bond motifs is 1. The number of nitrogens with zero attached hydrogens (tertiary/aromatic N) is 6. The molecule has 4 aromatic rings. The fraction of sp³-hybridized carbons (Fsp3) is 0.182. The van der Waals surface area contributed by atoms with Gasteiger partial charge in [-0.1, -0.05) is 47.7 Å². The molecule has 3 N–H and O–H groups in total. The first-order valence-electron chi connectivity index (χ1n) is 10.4. The number of hydrogen-bond acceptors (Lipinski definition) is 9. The number of aromatic nitrogens is 5. The van der Waals surface area contributed by atoms with Crippen LogP contribution in [0.25, 0.3) is 5.82 Å². The Hall–Kier alpha value is -3.99. The molecule has 2 aromatic carbocycles. The van der Waals surface area contributed by atoms with E-state index in [2.05, 4.69) is 37.2 Å². The SMILES string of the molecule is Nc1nonc1-n1nnc(C(=O)N/N=C2/CCCc3ccccc32)c1CSc1ccccc1. The van der Waals surface area contributed by atoms with Crippen LogP contribution >= 0.6 is 11.8 Å². The second-order valence-electron chi connectivity index (χ2n) is 7.38. The van der Waals surface area contributed by atoms with E-state index in [-0.39, 0.29) is 17.3 Å². The molecule has 0 radical (unpaired) electrons. The summed E-state index contributed by atoms with van der Waals surface area (Å²) in [6.07, 6.45) is 2.78. The van der Waals surface area contributed by atoms with E-state index in [0.717, 1.165) is 35.4 Å². The van der Waals surface area contributed by atoms with E-state index in [1.807, 2.05) is 48.5 Å². The second kappa shape index (κ2) is 9.25. The number of nitrogen functional groups attached to an aromatic ring is 1. The first-order valence-corrected chi connectivity index (χ1v) is 11.4. The van der Waals surface area contributed by atoms with Crippen LogP contribution < -0.4 is 11.2 Å². The largest absolute Gasteiger partial charge is 0.378 e. The highest BCUT2D eigenvalue weighted by Crippen LogP contribution is 2.26. The van der Waals surface area contributed by atoms with Crippen molar-refractivity contribution < 1.29 is 9.42 Å². The van der Waals surface area contributed by atoms with Crippen LogP contribution in [0.2, 0.25) is 0 Å². The molecule has 0 atom stereocenters. The Balaban J connectivity index is 1.43. The molecule has 2 aromatic heterocycles. The number of carbonyl (C=O) groups excluding carboxylic acids is 1.